The largest absolute Gasteiger partial charge is 0.347 e. The zero-order valence-electron chi connectivity index (χ0n) is 13.4. The van der Waals surface area contributed by atoms with Crippen molar-refractivity contribution < 1.29 is 9.18 Å². The standard InChI is InChI=1S/C17H21FN4O/c1-11-3-7-14(8-4-11)20-17(23)16-19-12(2)22(21-16)15-9-5-13(18)6-10-15/h5-6,9-11,14H,3-4,7-8H2,1-2H3,(H,20,23). The van der Waals surface area contributed by atoms with Crippen LogP contribution in [0.1, 0.15) is 49.1 Å². The molecule has 122 valence electrons. The molecule has 1 aliphatic rings. The third-order valence-electron chi connectivity index (χ3n) is 4.39. The monoisotopic (exact) mass is 316 g/mol. The molecule has 0 saturated heterocycles. The maximum absolute atomic E-state index is 13.0. The molecule has 1 aliphatic carbocycles. The summed E-state index contributed by atoms with van der Waals surface area (Å²) in [5, 5.41) is 7.28. The van der Waals surface area contributed by atoms with Crippen LogP contribution in [0.2, 0.25) is 0 Å². The van der Waals surface area contributed by atoms with Crippen molar-refractivity contribution in [3.63, 3.8) is 0 Å². The molecule has 0 aliphatic heterocycles. The first-order valence-corrected chi connectivity index (χ1v) is 8.03. The normalized spacial score (nSPS) is 21.2. The molecule has 3 rings (SSSR count). The summed E-state index contributed by atoms with van der Waals surface area (Å²) in [6.45, 7) is 4.02. The van der Waals surface area contributed by atoms with Crippen LogP contribution in [-0.4, -0.2) is 26.7 Å². The fourth-order valence-corrected chi connectivity index (χ4v) is 2.97. The van der Waals surface area contributed by atoms with Crippen LogP contribution in [0.5, 0.6) is 0 Å². The SMILES string of the molecule is Cc1nc(C(=O)NC2CCC(C)CC2)nn1-c1ccc(F)cc1. The predicted molar refractivity (Wildman–Crippen MR) is 84.9 cm³/mol. The van der Waals surface area contributed by atoms with Crippen LogP contribution in [0.4, 0.5) is 4.39 Å². The van der Waals surface area contributed by atoms with Gasteiger partial charge in [0.2, 0.25) is 5.82 Å². The Bertz CT molecular complexity index is 687. The van der Waals surface area contributed by atoms with Crippen molar-refractivity contribution in [2.45, 2.75) is 45.6 Å². The molecule has 23 heavy (non-hydrogen) atoms. The van der Waals surface area contributed by atoms with Crippen molar-refractivity contribution in [3.05, 3.63) is 41.7 Å². The summed E-state index contributed by atoms with van der Waals surface area (Å²) in [7, 11) is 0. The molecule has 2 aromatic rings. The number of halogens is 1. The molecule has 1 saturated carbocycles. The quantitative estimate of drug-likeness (QED) is 0.947. The number of carbonyl (C=O) groups is 1. The van der Waals surface area contributed by atoms with Crippen molar-refractivity contribution in [2.75, 3.05) is 0 Å². The first-order chi connectivity index (χ1) is 11.0. The van der Waals surface area contributed by atoms with Crippen molar-refractivity contribution >= 4 is 5.91 Å². The highest BCUT2D eigenvalue weighted by Gasteiger charge is 2.22. The number of rotatable bonds is 3. The van der Waals surface area contributed by atoms with Crippen LogP contribution in [0.3, 0.4) is 0 Å². The number of aromatic nitrogens is 3. The van der Waals surface area contributed by atoms with E-state index in [0.29, 0.717) is 11.5 Å². The van der Waals surface area contributed by atoms with Gasteiger partial charge in [-0.3, -0.25) is 4.79 Å². The van der Waals surface area contributed by atoms with E-state index in [0.717, 1.165) is 31.6 Å². The highest BCUT2D eigenvalue weighted by molar-refractivity contribution is 5.90. The molecule has 1 N–H and O–H groups in total. The molecule has 1 amide bonds. The molecule has 1 aromatic heterocycles. The second-order valence-corrected chi connectivity index (χ2v) is 6.30. The van der Waals surface area contributed by atoms with Crippen LogP contribution in [0.25, 0.3) is 5.69 Å². The molecule has 0 unspecified atom stereocenters. The Hall–Kier alpha value is -2.24. The van der Waals surface area contributed by atoms with Gasteiger partial charge < -0.3 is 5.32 Å². The Morgan fingerprint density at radius 3 is 2.52 bits per heavy atom. The van der Waals surface area contributed by atoms with Gasteiger partial charge in [-0.25, -0.2) is 14.1 Å². The van der Waals surface area contributed by atoms with E-state index in [9.17, 15) is 9.18 Å². The van der Waals surface area contributed by atoms with Crippen LogP contribution in [0.15, 0.2) is 24.3 Å². The Morgan fingerprint density at radius 2 is 1.87 bits per heavy atom. The van der Waals surface area contributed by atoms with E-state index < -0.39 is 0 Å². The smallest absolute Gasteiger partial charge is 0.291 e. The van der Waals surface area contributed by atoms with E-state index in [1.807, 2.05) is 0 Å². The number of nitrogens with zero attached hydrogens (tertiary/aromatic N) is 3. The lowest BCUT2D eigenvalue weighted by molar-refractivity contribution is 0.0912. The number of carbonyl (C=O) groups excluding carboxylic acids is 1. The molecule has 0 bridgehead atoms. The first-order valence-electron chi connectivity index (χ1n) is 8.03. The van der Waals surface area contributed by atoms with Gasteiger partial charge in [0.25, 0.3) is 5.91 Å². The summed E-state index contributed by atoms with van der Waals surface area (Å²) in [6, 6.07) is 6.15. The summed E-state index contributed by atoms with van der Waals surface area (Å²) in [4.78, 5) is 16.6. The third kappa shape index (κ3) is 3.57. The van der Waals surface area contributed by atoms with Gasteiger partial charge in [-0.2, -0.15) is 0 Å². The minimum absolute atomic E-state index is 0.158. The molecule has 0 spiro atoms. The van der Waals surface area contributed by atoms with Crippen molar-refractivity contribution in [2.24, 2.45) is 5.92 Å². The van der Waals surface area contributed by atoms with E-state index in [-0.39, 0.29) is 23.6 Å². The molecule has 1 aromatic carbocycles. The zero-order valence-corrected chi connectivity index (χ0v) is 13.4. The van der Waals surface area contributed by atoms with Gasteiger partial charge in [0, 0.05) is 6.04 Å². The van der Waals surface area contributed by atoms with E-state index >= 15 is 0 Å². The lowest BCUT2D eigenvalue weighted by Gasteiger charge is -2.26. The summed E-state index contributed by atoms with van der Waals surface area (Å²) in [5.41, 5.74) is 0.682. The van der Waals surface area contributed by atoms with Gasteiger partial charge in [0.05, 0.1) is 5.69 Å². The average Bonchev–Trinajstić information content (AvgIpc) is 2.92. The summed E-state index contributed by atoms with van der Waals surface area (Å²) in [5.74, 6) is 0.940. The molecule has 5 nitrogen and oxygen atoms in total. The summed E-state index contributed by atoms with van der Waals surface area (Å²) < 4.78 is 14.6. The third-order valence-corrected chi connectivity index (χ3v) is 4.39. The molecular weight excluding hydrogens is 295 g/mol. The van der Waals surface area contributed by atoms with E-state index in [1.165, 1.54) is 12.1 Å². The lowest BCUT2D eigenvalue weighted by atomic mass is 9.87. The lowest BCUT2D eigenvalue weighted by Crippen LogP contribution is -2.37. The summed E-state index contributed by atoms with van der Waals surface area (Å²) >= 11 is 0. The van der Waals surface area contributed by atoms with Crippen LogP contribution in [-0.2, 0) is 0 Å². The van der Waals surface area contributed by atoms with Crippen LogP contribution in [0, 0.1) is 18.7 Å². The number of nitrogens with one attached hydrogen (secondary N) is 1. The second-order valence-electron chi connectivity index (χ2n) is 6.30. The fourth-order valence-electron chi connectivity index (χ4n) is 2.97. The molecule has 0 radical (unpaired) electrons. The maximum atomic E-state index is 13.0. The average molecular weight is 316 g/mol. The minimum atomic E-state index is -0.309. The Labute approximate surface area is 134 Å². The number of hydrogen-bond acceptors (Lipinski definition) is 3. The van der Waals surface area contributed by atoms with E-state index in [4.69, 9.17) is 0 Å². The van der Waals surface area contributed by atoms with E-state index in [1.54, 1.807) is 23.7 Å². The Kier molecular flexibility index (Phi) is 4.41. The number of amides is 1. The molecule has 0 atom stereocenters. The van der Waals surface area contributed by atoms with E-state index in [2.05, 4.69) is 22.3 Å². The molecule has 6 heteroatoms. The highest BCUT2D eigenvalue weighted by atomic mass is 19.1. The highest BCUT2D eigenvalue weighted by Crippen LogP contribution is 2.23. The van der Waals surface area contributed by atoms with Gasteiger partial charge in [-0.1, -0.05) is 6.92 Å². The van der Waals surface area contributed by atoms with Crippen LogP contribution < -0.4 is 5.32 Å². The molecule has 1 fully saturated rings. The number of aryl methyl sites for hydroxylation is 1. The van der Waals surface area contributed by atoms with Gasteiger partial charge in [0.1, 0.15) is 11.6 Å². The Balaban J connectivity index is 1.72. The minimum Gasteiger partial charge on any atom is -0.347 e. The van der Waals surface area contributed by atoms with Gasteiger partial charge in [-0.05, 0) is 62.8 Å². The van der Waals surface area contributed by atoms with Crippen molar-refractivity contribution in [3.8, 4) is 5.69 Å². The number of hydrogen-bond donors (Lipinski definition) is 1. The van der Waals surface area contributed by atoms with Crippen molar-refractivity contribution in [1.29, 1.82) is 0 Å². The topological polar surface area (TPSA) is 59.8 Å². The first kappa shape index (κ1) is 15.6. The summed E-state index contributed by atoms with van der Waals surface area (Å²) in [6.07, 6.45) is 4.29. The maximum Gasteiger partial charge on any atom is 0.291 e. The molecular formula is C17H21FN4O. The zero-order chi connectivity index (χ0) is 16.4. The van der Waals surface area contributed by atoms with Gasteiger partial charge >= 0.3 is 0 Å². The van der Waals surface area contributed by atoms with Gasteiger partial charge in [0.15, 0.2) is 0 Å². The Morgan fingerprint density at radius 1 is 1.22 bits per heavy atom. The van der Waals surface area contributed by atoms with Crippen LogP contribution >= 0.6 is 0 Å². The van der Waals surface area contributed by atoms with Crippen molar-refractivity contribution in [1.82, 2.24) is 20.1 Å². The van der Waals surface area contributed by atoms with Gasteiger partial charge in [-0.15, -0.1) is 5.10 Å². The predicted octanol–water partition coefficient (Wildman–Crippen LogP) is 3.02. The molecule has 1 heterocycles. The fraction of sp³-hybridized carbons (Fsp3) is 0.471. The number of benzene rings is 1. The second kappa shape index (κ2) is 6.48.